The molecule has 1 N–H and O–H groups in total. The van der Waals surface area contributed by atoms with Gasteiger partial charge in [-0.05, 0) is 49.2 Å². The van der Waals surface area contributed by atoms with Crippen molar-refractivity contribution in [1.29, 1.82) is 0 Å². The first-order valence-electron chi connectivity index (χ1n) is 11.5. The molecule has 0 aromatic heterocycles. The number of rotatable bonds is 6. The van der Waals surface area contributed by atoms with Gasteiger partial charge in [-0.2, -0.15) is 26.3 Å². The van der Waals surface area contributed by atoms with Gasteiger partial charge in [0.1, 0.15) is 11.6 Å². The number of hydrogen-bond acceptors (Lipinski definition) is 8. The summed E-state index contributed by atoms with van der Waals surface area (Å²) in [5, 5.41) is 8.92. The van der Waals surface area contributed by atoms with E-state index >= 15 is 0 Å². The quantitative estimate of drug-likeness (QED) is 0.283. The molecule has 4 rings (SSSR count). The summed E-state index contributed by atoms with van der Waals surface area (Å²) < 4.78 is 101. The number of ether oxygens (including phenoxy) is 3. The third-order valence-electron chi connectivity index (χ3n) is 5.78. The monoisotopic (exact) mass is 596 g/mol. The third-order valence-corrected chi connectivity index (χ3v) is 5.78. The van der Waals surface area contributed by atoms with Crippen molar-refractivity contribution >= 4 is 24.5 Å². The van der Waals surface area contributed by atoms with Crippen LogP contribution in [0.25, 0.3) is 0 Å². The van der Waals surface area contributed by atoms with E-state index in [9.17, 15) is 49.9 Å². The van der Waals surface area contributed by atoms with Gasteiger partial charge in [0.15, 0.2) is 18.2 Å². The fourth-order valence-electron chi connectivity index (χ4n) is 3.07. The molecule has 0 bridgehead atoms. The van der Waals surface area contributed by atoms with Gasteiger partial charge >= 0.3 is 24.3 Å². The standard InChI is InChI=1S/C13H11F3O4.C8H4F4O.C5H8O3/c1-19-11(18)12(4-5-12)20-10-6-9(13(14,15)16)3-2-8(10)7-17;9-7-3-6(8(10,11)12)2-1-5(7)4-13;1-8-4(6)5(7)2-3-5/h2-3,6-7H,4-5H2,1H3;1-4H;7H,2-3H2,1H3. The van der Waals surface area contributed by atoms with Crippen LogP contribution in [-0.4, -0.2) is 55.0 Å². The Morgan fingerprint density at radius 1 is 0.780 bits per heavy atom. The Hall–Kier alpha value is -4.01. The minimum Gasteiger partial charge on any atom is -0.475 e. The molecule has 224 valence electrons. The predicted molar refractivity (Wildman–Crippen MR) is 124 cm³/mol. The fourth-order valence-corrected chi connectivity index (χ4v) is 3.07. The highest BCUT2D eigenvalue weighted by Crippen LogP contribution is 2.43. The molecule has 0 radical (unpaired) electrons. The Bertz CT molecular complexity index is 1280. The summed E-state index contributed by atoms with van der Waals surface area (Å²) >= 11 is 0. The first kappa shape index (κ1) is 33.2. The van der Waals surface area contributed by atoms with E-state index in [1.54, 1.807) is 0 Å². The van der Waals surface area contributed by atoms with Gasteiger partial charge < -0.3 is 19.3 Å². The van der Waals surface area contributed by atoms with Crippen LogP contribution >= 0.6 is 0 Å². The van der Waals surface area contributed by atoms with Crippen molar-refractivity contribution in [1.82, 2.24) is 0 Å². The highest BCUT2D eigenvalue weighted by molar-refractivity contribution is 5.85. The molecule has 0 amide bonds. The molecule has 0 spiro atoms. The van der Waals surface area contributed by atoms with Gasteiger partial charge in [0.2, 0.25) is 5.60 Å². The maximum Gasteiger partial charge on any atom is 0.416 e. The first-order valence-corrected chi connectivity index (χ1v) is 11.5. The van der Waals surface area contributed by atoms with Gasteiger partial charge in [-0.3, -0.25) is 9.59 Å². The lowest BCUT2D eigenvalue weighted by molar-refractivity contribution is -0.153. The van der Waals surface area contributed by atoms with Gasteiger partial charge in [0.25, 0.3) is 0 Å². The van der Waals surface area contributed by atoms with Crippen LogP contribution < -0.4 is 4.74 Å². The van der Waals surface area contributed by atoms with E-state index in [1.807, 2.05) is 0 Å². The number of alkyl halides is 6. The second-order valence-electron chi connectivity index (χ2n) is 8.83. The molecule has 2 fully saturated rings. The smallest absolute Gasteiger partial charge is 0.416 e. The number of esters is 2. The molecule has 2 aromatic carbocycles. The zero-order valence-electron chi connectivity index (χ0n) is 21.4. The predicted octanol–water partition coefficient (Wildman–Crippen LogP) is 4.94. The van der Waals surface area contributed by atoms with Crippen LogP contribution in [-0.2, 0) is 31.4 Å². The number of halogens is 7. The largest absolute Gasteiger partial charge is 0.475 e. The van der Waals surface area contributed by atoms with Gasteiger partial charge in [0.05, 0.1) is 36.5 Å². The average molecular weight is 596 g/mol. The topological polar surface area (TPSA) is 116 Å². The molecule has 0 heterocycles. The van der Waals surface area contributed by atoms with Gasteiger partial charge in [-0.25, -0.2) is 14.0 Å². The van der Waals surface area contributed by atoms with Crippen LogP contribution in [0.4, 0.5) is 30.7 Å². The molecule has 41 heavy (non-hydrogen) atoms. The molecular weight excluding hydrogens is 573 g/mol. The highest BCUT2D eigenvalue weighted by atomic mass is 19.4. The number of aldehydes is 2. The lowest BCUT2D eigenvalue weighted by Gasteiger charge is -2.18. The Morgan fingerprint density at radius 3 is 1.59 bits per heavy atom. The van der Waals surface area contributed by atoms with Crippen LogP contribution in [0.1, 0.15) is 57.5 Å². The maximum absolute atomic E-state index is 12.6. The summed E-state index contributed by atoms with van der Waals surface area (Å²) in [6.45, 7) is 0. The van der Waals surface area contributed by atoms with Crippen LogP contribution in [0.2, 0.25) is 0 Å². The SMILES string of the molecule is COC(=O)C1(O)CC1.COC(=O)C1(Oc2cc(C(F)(F)F)ccc2C=O)CC1.O=Cc1ccc(C(F)(F)F)cc1F. The molecule has 0 unspecified atom stereocenters. The molecular formula is C26H23F7O8. The Morgan fingerprint density at radius 2 is 1.24 bits per heavy atom. The Balaban J connectivity index is 0.000000239. The Labute approximate surface area is 228 Å². The molecule has 15 heteroatoms. The van der Waals surface area contributed by atoms with Gasteiger partial charge in [-0.15, -0.1) is 0 Å². The summed E-state index contributed by atoms with van der Waals surface area (Å²) in [6.07, 6.45) is -6.80. The van der Waals surface area contributed by atoms with E-state index in [1.165, 1.54) is 14.2 Å². The van der Waals surface area contributed by atoms with Crippen molar-refractivity contribution < 1.29 is 69.2 Å². The third kappa shape index (κ3) is 8.74. The molecule has 0 aliphatic heterocycles. The van der Waals surface area contributed by atoms with Crippen molar-refractivity contribution in [3.63, 3.8) is 0 Å². The van der Waals surface area contributed by atoms with E-state index < -0.39 is 52.4 Å². The number of hydrogen-bond donors (Lipinski definition) is 1. The lowest BCUT2D eigenvalue weighted by atomic mass is 10.1. The minimum absolute atomic E-state index is 0.0480. The number of carbonyl (C=O) groups excluding carboxylic acids is 4. The summed E-state index contributed by atoms with van der Waals surface area (Å²) in [4.78, 5) is 42.9. The summed E-state index contributed by atoms with van der Waals surface area (Å²) in [7, 11) is 2.44. The van der Waals surface area contributed by atoms with Gasteiger partial charge in [0, 0.05) is 12.8 Å². The minimum atomic E-state index is -4.58. The number of methoxy groups -OCH3 is 2. The first-order chi connectivity index (χ1) is 19.0. The molecule has 0 atom stereocenters. The molecule has 2 aliphatic carbocycles. The van der Waals surface area contributed by atoms with Crippen molar-refractivity contribution in [2.24, 2.45) is 0 Å². The molecule has 0 saturated heterocycles. The second-order valence-corrected chi connectivity index (χ2v) is 8.83. The molecule has 2 aromatic rings. The second kappa shape index (κ2) is 12.7. The van der Waals surface area contributed by atoms with Crippen molar-refractivity contribution in [3.05, 3.63) is 64.5 Å². The van der Waals surface area contributed by atoms with E-state index in [0.29, 0.717) is 50.2 Å². The van der Waals surface area contributed by atoms with Crippen molar-refractivity contribution in [2.75, 3.05) is 14.2 Å². The Kier molecular flexibility index (Phi) is 10.3. The number of aliphatic hydroxyl groups is 1. The van der Waals surface area contributed by atoms with Crippen LogP contribution in [0.5, 0.6) is 5.75 Å². The van der Waals surface area contributed by atoms with E-state index in [-0.39, 0.29) is 23.2 Å². The summed E-state index contributed by atoms with van der Waals surface area (Å²) in [5.41, 5.74) is -4.85. The van der Waals surface area contributed by atoms with E-state index in [0.717, 1.165) is 18.2 Å². The highest BCUT2D eigenvalue weighted by Gasteiger charge is 2.54. The van der Waals surface area contributed by atoms with E-state index in [4.69, 9.17) is 9.84 Å². The van der Waals surface area contributed by atoms with Crippen LogP contribution in [0.15, 0.2) is 36.4 Å². The van der Waals surface area contributed by atoms with Crippen LogP contribution in [0.3, 0.4) is 0 Å². The summed E-state index contributed by atoms with van der Waals surface area (Å²) in [5.74, 6) is -2.59. The molecule has 2 saturated carbocycles. The normalized spacial score (nSPS) is 16.0. The zero-order chi connectivity index (χ0) is 31.2. The fraction of sp³-hybridized carbons (Fsp3) is 0.385. The molecule has 2 aliphatic rings. The van der Waals surface area contributed by atoms with E-state index in [2.05, 4.69) is 9.47 Å². The number of benzene rings is 2. The average Bonchev–Trinajstić information content (AvgIpc) is 3.85. The van der Waals surface area contributed by atoms with Gasteiger partial charge in [-0.1, -0.05) is 0 Å². The summed E-state index contributed by atoms with van der Waals surface area (Å²) in [6, 6.07) is 4.27. The van der Waals surface area contributed by atoms with Crippen LogP contribution in [0, 0.1) is 5.82 Å². The lowest BCUT2D eigenvalue weighted by Crippen LogP contribution is -2.31. The number of carbonyl (C=O) groups is 4. The molecule has 8 nitrogen and oxygen atoms in total. The van der Waals surface area contributed by atoms with Crippen molar-refractivity contribution in [2.45, 2.75) is 49.2 Å². The van der Waals surface area contributed by atoms with Crippen molar-refractivity contribution in [3.8, 4) is 5.75 Å². The zero-order valence-corrected chi connectivity index (χ0v) is 21.4. The maximum atomic E-state index is 12.6.